The first-order chi connectivity index (χ1) is 15.6. The van der Waals surface area contributed by atoms with Crippen molar-refractivity contribution in [2.75, 3.05) is 24.7 Å². The smallest absolute Gasteiger partial charge is 0.260 e. The lowest BCUT2D eigenvalue weighted by molar-refractivity contribution is 0.0985. The molecule has 1 aliphatic rings. The lowest BCUT2D eigenvalue weighted by atomic mass is 10.1. The summed E-state index contributed by atoms with van der Waals surface area (Å²) in [7, 11) is 0. The van der Waals surface area contributed by atoms with Gasteiger partial charge < -0.3 is 14.0 Å². The summed E-state index contributed by atoms with van der Waals surface area (Å²) in [4.78, 5) is 24.4. The van der Waals surface area contributed by atoms with E-state index in [1.54, 1.807) is 47.0 Å². The average Bonchev–Trinajstić information content (AvgIpc) is 3.49. The van der Waals surface area contributed by atoms with Gasteiger partial charge in [0.2, 0.25) is 0 Å². The molecule has 1 aliphatic heterocycles. The summed E-state index contributed by atoms with van der Waals surface area (Å²) >= 11 is 1.55. The molecular weight excluding hydrogens is 424 g/mol. The van der Waals surface area contributed by atoms with Crippen LogP contribution in [0.2, 0.25) is 0 Å². The molecule has 1 amide bonds. The zero-order valence-corrected chi connectivity index (χ0v) is 18.9. The van der Waals surface area contributed by atoms with Crippen molar-refractivity contribution in [1.82, 2.24) is 14.5 Å². The summed E-state index contributed by atoms with van der Waals surface area (Å²) in [5, 5.41) is 0.708. The minimum atomic E-state index is -0.0963. The molecule has 2 aromatic carbocycles. The van der Waals surface area contributed by atoms with E-state index in [0.29, 0.717) is 42.0 Å². The van der Waals surface area contributed by atoms with Crippen molar-refractivity contribution >= 4 is 32.6 Å². The number of ether oxygens (including phenoxy) is 2. The Bertz CT molecular complexity index is 1270. The van der Waals surface area contributed by atoms with E-state index in [1.807, 2.05) is 10.8 Å². The molecule has 4 aromatic rings. The molecule has 32 heavy (non-hydrogen) atoms. The van der Waals surface area contributed by atoms with Crippen LogP contribution in [0, 0.1) is 13.8 Å². The number of hydrogen-bond donors (Lipinski definition) is 0. The van der Waals surface area contributed by atoms with Gasteiger partial charge in [-0.05, 0) is 55.7 Å². The number of aryl methyl sites for hydroxylation is 3. The van der Waals surface area contributed by atoms with Gasteiger partial charge in [-0.3, -0.25) is 9.69 Å². The van der Waals surface area contributed by atoms with Gasteiger partial charge in [-0.2, -0.15) is 0 Å². The second-order valence-corrected chi connectivity index (χ2v) is 8.83. The van der Waals surface area contributed by atoms with E-state index < -0.39 is 0 Å². The molecule has 0 radical (unpaired) electrons. The van der Waals surface area contributed by atoms with Gasteiger partial charge >= 0.3 is 0 Å². The summed E-state index contributed by atoms with van der Waals surface area (Å²) in [6, 6.07) is 9.55. The number of imidazole rings is 1. The molecule has 0 saturated carbocycles. The molecule has 0 fully saturated rings. The molecule has 0 bridgehead atoms. The minimum absolute atomic E-state index is 0.0963. The maximum absolute atomic E-state index is 13.6. The zero-order valence-electron chi connectivity index (χ0n) is 18.1. The molecule has 164 valence electrons. The van der Waals surface area contributed by atoms with Crippen LogP contribution in [0.4, 0.5) is 5.13 Å². The van der Waals surface area contributed by atoms with Gasteiger partial charge in [0.1, 0.15) is 13.2 Å². The number of benzene rings is 2. The quantitative estimate of drug-likeness (QED) is 0.431. The summed E-state index contributed by atoms with van der Waals surface area (Å²) in [5.41, 5.74) is 3.86. The summed E-state index contributed by atoms with van der Waals surface area (Å²) in [6.45, 7) is 6.47. The SMILES string of the molecule is Cc1ccc2sc(N(CCCn3ccnc3)C(=O)c3ccc4c(c3)OCCO4)nc2c1C. The molecule has 0 N–H and O–H groups in total. The first-order valence-electron chi connectivity index (χ1n) is 10.6. The van der Waals surface area contributed by atoms with Crippen LogP contribution in [-0.4, -0.2) is 40.2 Å². The maximum atomic E-state index is 13.6. The lowest BCUT2D eigenvalue weighted by Gasteiger charge is -2.22. The molecule has 8 heteroatoms. The van der Waals surface area contributed by atoms with Gasteiger partial charge in [0, 0.05) is 31.0 Å². The van der Waals surface area contributed by atoms with Crippen LogP contribution in [0.25, 0.3) is 10.2 Å². The number of nitrogens with zero attached hydrogens (tertiary/aromatic N) is 4. The van der Waals surface area contributed by atoms with Crippen molar-refractivity contribution < 1.29 is 14.3 Å². The molecule has 7 nitrogen and oxygen atoms in total. The van der Waals surface area contributed by atoms with Crippen LogP contribution in [-0.2, 0) is 6.54 Å². The molecular formula is C24H24N4O3S. The van der Waals surface area contributed by atoms with Crippen LogP contribution < -0.4 is 14.4 Å². The average molecular weight is 449 g/mol. The first-order valence-corrected chi connectivity index (χ1v) is 11.5. The molecule has 0 aliphatic carbocycles. The maximum Gasteiger partial charge on any atom is 0.260 e. The highest BCUT2D eigenvalue weighted by Gasteiger charge is 2.24. The number of anilines is 1. The Morgan fingerprint density at radius 2 is 2.00 bits per heavy atom. The number of amides is 1. The van der Waals surface area contributed by atoms with Crippen molar-refractivity contribution in [2.24, 2.45) is 0 Å². The third-order valence-corrected chi connectivity index (χ3v) is 6.74. The standard InChI is InChI=1S/C24H24N4O3S/c1-16-4-7-21-22(17(16)2)26-24(32-21)28(10-3-9-27-11-8-25-15-27)23(29)18-5-6-19-20(14-18)31-13-12-30-19/h4-8,11,14-15H,3,9-10,12-13H2,1-2H3. The molecule has 3 heterocycles. The second kappa shape index (κ2) is 8.63. The highest BCUT2D eigenvalue weighted by molar-refractivity contribution is 7.22. The van der Waals surface area contributed by atoms with E-state index in [-0.39, 0.29) is 5.91 Å². The van der Waals surface area contributed by atoms with Crippen molar-refractivity contribution in [3.8, 4) is 11.5 Å². The van der Waals surface area contributed by atoms with E-state index in [9.17, 15) is 4.79 Å². The van der Waals surface area contributed by atoms with Gasteiger partial charge in [0.05, 0.1) is 16.5 Å². The molecule has 0 saturated heterocycles. The molecule has 2 aromatic heterocycles. The number of fused-ring (bicyclic) bond motifs is 2. The fourth-order valence-electron chi connectivity index (χ4n) is 3.78. The van der Waals surface area contributed by atoms with Crippen molar-refractivity contribution in [3.05, 3.63) is 65.7 Å². The van der Waals surface area contributed by atoms with Gasteiger partial charge in [-0.1, -0.05) is 17.4 Å². The Morgan fingerprint density at radius 3 is 2.81 bits per heavy atom. The van der Waals surface area contributed by atoms with Crippen LogP contribution in [0.5, 0.6) is 11.5 Å². The molecule has 0 unspecified atom stereocenters. The highest BCUT2D eigenvalue weighted by atomic mass is 32.1. The topological polar surface area (TPSA) is 69.5 Å². The summed E-state index contributed by atoms with van der Waals surface area (Å²) in [5.74, 6) is 1.18. The fourth-order valence-corrected chi connectivity index (χ4v) is 4.83. The number of carbonyl (C=O) groups excluding carboxylic acids is 1. The number of thiazole rings is 1. The number of aromatic nitrogens is 3. The van der Waals surface area contributed by atoms with Crippen LogP contribution in [0.15, 0.2) is 49.1 Å². The van der Waals surface area contributed by atoms with Crippen molar-refractivity contribution in [1.29, 1.82) is 0 Å². The molecule has 5 rings (SSSR count). The largest absolute Gasteiger partial charge is 0.486 e. The molecule has 0 spiro atoms. The van der Waals surface area contributed by atoms with Crippen molar-refractivity contribution in [2.45, 2.75) is 26.8 Å². The third-order valence-electron chi connectivity index (χ3n) is 5.70. The lowest BCUT2D eigenvalue weighted by Crippen LogP contribution is -2.32. The highest BCUT2D eigenvalue weighted by Crippen LogP contribution is 2.35. The third kappa shape index (κ3) is 3.93. The van der Waals surface area contributed by atoms with Crippen LogP contribution >= 0.6 is 11.3 Å². The Kier molecular flexibility index (Phi) is 5.53. The Labute approximate surface area is 190 Å². The van der Waals surface area contributed by atoms with E-state index in [0.717, 1.165) is 28.7 Å². The van der Waals surface area contributed by atoms with Gasteiger partial charge in [-0.25, -0.2) is 9.97 Å². The van der Waals surface area contributed by atoms with Gasteiger partial charge in [0.25, 0.3) is 5.91 Å². The number of carbonyl (C=O) groups is 1. The Morgan fingerprint density at radius 1 is 1.16 bits per heavy atom. The number of hydrogen-bond acceptors (Lipinski definition) is 6. The van der Waals surface area contributed by atoms with Crippen LogP contribution in [0.3, 0.4) is 0 Å². The fraction of sp³-hybridized carbons (Fsp3) is 0.292. The van der Waals surface area contributed by atoms with Crippen LogP contribution in [0.1, 0.15) is 27.9 Å². The second-order valence-electron chi connectivity index (χ2n) is 7.82. The van der Waals surface area contributed by atoms with E-state index in [4.69, 9.17) is 14.5 Å². The Hall–Kier alpha value is -3.39. The number of rotatable bonds is 6. The zero-order chi connectivity index (χ0) is 22.1. The van der Waals surface area contributed by atoms with E-state index >= 15 is 0 Å². The first kappa shape index (κ1) is 20.5. The summed E-state index contributed by atoms with van der Waals surface area (Å²) < 4.78 is 14.4. The van der Waals surface area contributed by atoms with Crippen molar-refractivity contribution in [3.63, 3.8) is 0 Å². The van der Waals surface area contributed by atoms with E-state index in [2.05, 4.69) is 31.0 Å². The monoisotopic (exact) mass is 448 g/mol. The Balaban J connectivity index is 1.47. The normalized spacial score (nSPS) is 12.8. The molecule has 0 atom stereocenters. The van der Waals surface area contributed by atoms with E-state index in [1.165, 1.54) is 5.56 Å². The summed E-state index contributed by atoms with van der Waals surface area (Å²) in [6.07, 6.45) is 6.25. The van der Waals surface area contributed by atoms with Gasteiger partial charge in [-0.15, -0.1) is 0 Å². The van der Waals surface area contributed by atoms with Gasteiger partial charge in [0.15, 0.2) is 16.6 Å². The predicted octanol–water partition coefficient (Wildman–Crippen LogP) is 4.62. The predicted molar refractivity (Wildman–Crippen MR) is 125 cm³/mol. The minimum Gasteiger partial charge on any atom is -0.486 e.